The van der Waals surface area contributed by atoms with Crippen LogP contribution in [0, 0.1) is 0 Å². The highest BCUT2D eigenvalue weighted by Gasteiger charge is 2.00. The number of allylic oxidation sites excluding steroid dienone is 3. The Hall–Kier alpha value is -0.920. The highest BCUT2D eigenvalue weighted by atomic mass is 16.3. The van der Waals surface area contributed by atoms with E-state index in [9.17, 15) is 0 Å². The predicted octanol–water partition coefficient (Wildman–Crippen LogP) is 1.45. The minimum absolute atomic E-state index is 0.337. The number of aliphatic hydroxyl groups is 1. The summed E-state index contributed by atoms with van der Waals surface area (Å²) in [6.45, 7) is 0. The van der Waals surface area contributed by atoms with Gasteiger partial charge < -0.3 is 10.8 Å². The van der Waals surface area contributed by atoms with Crippen LogP contribution in [0.1, 0.15) is 19.3 Å². The first-order chi connectivity index (χ1) is 4.30. The van der Waals surface area contributed by atoms with Crippen molar-refractivity contribution < 1.29 is 5.11 Å². The number of hydrogen-bond acceptors (Lipinski definition) is 2. The summed E-state index contributed by atoms with van der Waals surface area (Å²) >= 11 is 0. The van der Waals surface area contributed by atoms with Crippen LogP contribution >= 0.6 is 0 Å². The lowest BCUT2D eigenvalue weighted by molar-refractivity contribution is 0.380. The summed E-state index contributed by atoms with van der Waals surface area (Å²) < 4.78 is 0. The van der Waals surface area contributed by atoms with Gasteiger partial charge in [0, 0.05) is 6.42 Å². The Bertz CT molecular complexity index is 158. The van der Waals surface area contributed by atoms with Crippen molar-refractivity contribution in [2.45, 2.75) is 19.3 Å². The van der Waals surface area contributed by atoms with E-state index in [2.05, 4.69) is 0 Å². The van der Waals surface area contributed by atoms with Crippen LogP contribution in [-0.2, 0) is 0 Å². The van der Waals surface area contributed by atoms with Gasteiger partial charge in [0.25, 0.3) is 0 Å². The minimum Gasteiger partial charge on any atom is -0.510 e. The van der Waals surface area contributed by atoms with Crippen molar-refractivity contribution >= 4 is 0 Å². The molecule has 2 nitrogen and oxygen atoms in total. The molecular formula is C7H11NO. The molecule has 0 aliphatic heterocycles. The molecule has 0 spiro atoms. The summed E-state index contributed by atoms with van der Waals surface area (Å²) in [6.07, 6.45) is 6.49. The van der Waals surface area contributed by atoms with Gasteiger partial charge in [-0.3, -0.25) is 0 Å². The molecule has 0 heterocycles. The lowest BCUT2D eigenvalue weighted by atomic mass is 10.2. The summed E-state index contributed by atoms with van der Waals surface area (Å²) in [7, 11) is 0. The van der Waals surface area contributed by atoms with Gasteiger partial charge in [-0.15, -0.1) is 0 Å². The maximum absolute atomic E-state index is 9.06. The molecular weight excluding hydrogens is 114 g/mol. The van der Waals surface area contributed by atoms with Crippen LogP contribution < -0.4 is 5.73 Å². The Morgan fingerprint density at radius 3 is 3.11 bits per heavy atom. The molecule has 50 valence electrons. The highest BCUT2D eigenvalue weighted by Crippen LogP contribution is 2.12. The number of rotatable bonds is 0. The molecule has 1 rings (SSSR count). The van der Waals surface area contributed by atoms with Crippen molar-refractivity contribution in [3.05, 3.63) is 23.6 Å². The van der Waals surface area contributed by atoms with E-state index in [0.717, 1.165) is 19.3 Å². The summed E-state index contributed by atoms with van der Waals surface area (Å²) in [5, 5.41) is 9.06. The molecule has 0 saturated carbocycles. The maximum Gasteiger partial charge on any atom is 0.115 e. The molecule has 0 fully saturated rings. The number of aliphatic hydroxyl groups excluding tert-OH is 1. The third-order valence-electron chi connectivity index (χ3n) is 1.42. The third-order valence-corrected chi connectivity index (χ3v) is 1.42. The van der Waals surface area contributed by atoms with E-state index in [4.69, 9.17) is 10.8 Å². The quantitative estimate of drug-likeness (QED) is 0.514. The standard InChI is InChI=1S/C7H11NO/c8-6-4-2-1-3-5-7(6)9/h2,4,9H,1,3,5,8H2. The van der Waals surface area contributed by atoms with Gasteiger partial charge in [-0.2, -0.15) is 0 Å². The molecule has 0 saturated heterocycles. The first kappa shape index (κ1) is 6.20. The van der Waals surface area contributed by atoms with E-state index in [1.165, 1.54) is 0 Å². The zero-order chi connectivity index (χ0) is 6.69. The fourth-order valence-corrected chi connectivity index (χ4v) is 0.838. The van der Waals surface area contributed by atoms with Gasteiger partial charge >= 0.3 is 0 Å². The van der Waals surface area contributed by atoms with E-state index in [1.807, 2.05) is 6.08 Å². The lowest BCUT2D eigenvalue weighted by Crippen LogP contribution is -1.97. The van der Waals surface area contributed by atoms with Gasteiger partial charge in [0.2, 0.25) is 0 Å². The zero-order valence-electron chi connectivity index (χ0n) is 5.30. The Morgan fingerprint density at radius 2 is 2.33 bits per heavy atom. The number of nitrogens with two attached hydrogens (primary N) is 1. The second kappa shape index (κ2) is 2.58. The second-order valence-electron chi connectivity index (χ2n) is 2.20. The van der Waals surface area contributed by atoms with E-state index >= 15 is 0 Å². The van der Waals surface area contributed by atoms with Gasteiger partial charge in [0.1, 0.15) is 5.76 Å². The summed E-state index contributed by atoms with van der Waals surface area (Å²) in [5.74, 6) is 0.337. The minimum atomic E-state index is 0.337. The van der Waals surface area contributed by atoms with Crippen molar-refractivity contribution in [1.82, 2.24) is 0 Å². The zero-order valence-corrected chi connectivity index (χ0v) is 5.30. The van der Waals surface area contributed by atoms with Gasteiger partial charge in [-0.25, -0.2) is 0 Å². The normalized spacial score (nSPS) is 20.0. The van der Waals surface area contributed by atoms with E-state index in [1.54, 1.807) is 6.08 Å². The van der Waals surface area contributed by atoms with E-state index in [-0.39, 0.29) is 0 Å². The summed E-state index contributed by atoms with van der Waals surface area (Å²) in [6, 6.07) is 0. The van der Waals surface area contributed by atoms with Crippen LogP contribution in [0.4, 0.5) is 0 Å². The molecule has 1 aliphatic carbocycles. The van der Waals surface area contributed by atoms with E-state index in [0.29, 0.717) is 11.5 Å². The fourth-order valence-electron chi connectivity index (χ4n) is 0.838. The Balaban J connectivity index is 2.72. The molecule has 0 aromatic rings. The fraction of sp³-hybridized carbons (Fsp3) is 0.429. The van der Waals surface area contributed by atoms with Crippen molar-refractivity contribution in [1.29, 1.82) is 0 Å². The largest absolute Gasteiger partial charge is 0.510 e. The molecule has 9 heavy (non-hydrogen) atoms. The average molecular weight is 125 g/mol. The highest BCUT2D eigenvalue weighted by molar-refractivity contribution is 5.19. The van der Waals surface area contributed by atoms with Crippen LogP contribution in [0.5, 0.6) is 0 Å². The monoisotopic (exact) mass is 125 g/mol. The van der Waals surface area contributed by atoms with Crippen molar-refractivity contribution in [3.63, 3.8) is 0 Å². The molecule has 0 radical (unpaired) electrons. The topological polar surface area (TPSA) is 46.2 Å². The predicted molar refractivity (Wildman–Crippen MR) is 36.8 cm³/mol. The smallest absolute Gasteiger partial charge is 0.115 e. The van der Waals surface area contributed by atoms with Gasteiger partial charge in [-0.05, 0) is 18.9 Å². The van der Waals surface area contributed by atoms with Gasteiger partial charge in [-0.1, -0.05) is 6.08 Å². The Labute approximate surface area is 54.7 Å². The first-order valence-corrected chi connectivity index (χ1v) is 3.15. The molecule has 1 aliphatic rings. The average Bonchev–Trinajstić information content (AvgIpc) is 1.99. The Morgan fingerprint density at radius 1 is 1.56 bits per heavy atom. The molecule has 0 atom stereocenters. The van der Waals surface area contributed by atoms with Crippen molar-refractivity contribution in [2.24, 2.45) is 5.73 Å². The van der Waals surface area contributed by atoms with Gasteiger partial charge in [0.15, 0.2) is 0 Å². The second-order valence-corrected chi connectivity index (χ2v) is 2.20. The Kier molecular flexibility index (Phi) is 1.78. The van der Waals surface area contributed by atoms with Crippen LogP contribution in [0.2, 0.25) is 0 Å². The SMILES string of the molecule is NC1=C(O)CCCC=C1. The van der Waals surface area contributed by atoms with Crippen LogP contribution in [-0.4, -0.2) is 5.11 Å². The molecule has 0 unspecified atom stereocenters. The van der Waals surface area contributed by atoms with Crippen molar-refractivity contribution in [2.75, 3.05) is 0 Å². The van der Waals surface area contributed by atoms with Crippen molar-refractivity contribution in [3.8, 4) is 0 Å². The van der Waals surface area contributed by atoms with Crippen LogP contribution in [0.15, 0.2) is 23.6 Å². The van der Waals surface area contributed by atoms with Crippen LogP contribution in [0.25, 0.3) is 0 Å². The molecule has 3 N–H and O–H groups in total. The summed E-state index contributed by atoms with van der Waals surface area (Å²) in [4.78, 5) is 0. The van der Waals surface area contributed by atoms with Gasteiger partial charge in [0.05, 0.1) is 5.70 Å². The maximum atomic E-state index is 9.06. The van der Waals surface area contributed by atoms with E-state index < -0.39 is 0 Å². The molecule has 2 heteroatoms. The van der Waals surface area contributed by atoms with Crippen LogP contribution in [0.3, 0.4) is 0 Å². The molecule has 0 bridgehead atoms. The molecule has 0 aromatic carbocycles. The lowest BCUT2D eigenvalue weighted by Gasteiger charge is -1.96. The summed E-state index contributed by atoms with van der Waals surface area (Å²) in [5.41, 5.74) is 5.94. The molecule has 0 amide bonds. The third kappa shape index (κ3) is 1.49. The first-order valence-electron chi connectivity index (χ1n) is 3.15. The number of hydrogen-bond donors (Lipinski definition) is 2. The molecule has 0 aromatic heterocycles.